The summed E-state index contributed by atoms with van der Waals surface area (Å²) in [5.41, 5.74) is 4.89. The Bertz CT molecular complexity index is 973. The first kappa shape index (κ1) is 20.6. The molecule has 3 aromatic carbocycles. The van der Waals surface area contributed by atoms with Gasteiger partial charge in [-0.15, -0.1) is 0 Å². The van der Waals surface area contributed by atoms with E-state index in [4.69, 9.17) is 4.74 Å². The molecule has 0 radical (unpaired) electrons. The number of aryl methyl sites for hydroxylation is 1. The minimum atomic E-state index is -0.195. The van der Waals surface area contributed by atoms with Crippen molar-refractivity contribution in [1.29, 1.82) is 0 Å². The number of ether oxygens (including phenoxy) is 1. The third-order valence-corrected chi connectivity index (χ3v) is 5.77. The average molecular weight is 405 g/mol. The summed E-state index contributed by atoms with van der Waals surface area (Å²) in [6, 6.07) is 23.9. The molecular formula is C26H29FN2O. The van der Waals surface area contributed by atoms with Crippen LogP contribution in [0.15, 0.2) is 72.8 Å². The number of para-hydroxylation sites is 1. The summed E-state index contributed by atoms with van der Waals surface area (Å²) >= 11 is 0. The highest BCUT2D eigenvalue weighted by molar-refractivity contribution is 5.36. The molecule has 0 aromatic heterocycles. The fraction of sp³-hybridized carbons (Fsp3) is 0.308. The molecule has 1 heterocycles. The van der Waals surface area contributed by atoms with E-state index in [9.17, 15) is 4.39 Å². The first-order valence-electron chi connectivity index (χ1n) is 10.5. The zero-order valence-electron chi connectivity index (χ0n) is 17.7. The second kappa shape index (κ2) is 9.41. The van der Waals surface area contributed by atoms with E-state index >= 15 is 0 Å². The number of hydrogen-bond acceptors (Lipinski definition) is 3. The van der Waals surface area contributed by atoms with Gasteiger partial charge in [-0.2, -0.15) is 0 Å². The maximum Gasteiger partial charge on any atom is 0.124 e. The summed E-state index contributed by atoms with van der Waals surface area (Å²) < 4.78 is 19.1. The summed E-state index contributed by atoms with van der Waals surface area (Å²) in [6.07, 6.45) is 1.19. The lowest BCUT2D eigenvalue weighted by atomic mass is 10.0. The van der Waals surface area contributed by atoms with Crippen molar-refractivity contribution in [3.05, 3.63) is 101 Å². The zero-order chi connectivity index (χ0) is 20.9. The van der Waals surface area contributed by atoms with Crippen molar-refractivity contribution in [2.45, 2.75) is 32.6 Å². The monoisotopic (exact) mass is 404 g/mol. The lowest BCUT2D eigenvalue weighted by Gasteiger charge is -2.44. The van der Waals surface area contributed by atoms with Crippen LogP contribution in [-0.4, -0.2) is 30.0 Å². The molecule has 0 amide bonds. The molecule has 1 aliphatic heterocycles. The van der Waals surface area contributed by atoms with Gasteiger partial charge in [-0.05, 0) is 42.7 Å². The Kier molecular flexibility index (Phi) is 6.46. The minimum Gasteiger partial charge on any atom is -0.496 e. The fourth-order valence-corrected chi connectivity index (χ4v) is 4.43. The molecule has 0 N–H and O–H groups in total. The molecular weight excluding hydrogens is 375 g/mol. The van der Waals surface area contributed by atoms with Crippen molar-refractivity contribution in [1.82, 2.24) is 9.80 Å². The SMILES string of the molecule is COc1ccccc1[C@@H]1N(Cc2ccc(F)cc2)CCCN1Cc1cccc(C)c1. The van der Waals surface area contributed by atoms with Crippen LogP contribution in [0.4, 0.5) is 4.39 Å². The molecule has 3 aromatic rings. The summed E-state index contributed by atoms with van der Waals surface area (Å²) in [7, 11) is 1.73. The van der Waals surface area contributed by atoms with Gasteiger partial charge < -0.3 is 4.74 Å². The van der Waals surface area contributed by atoms with Gasteiger partial charge >= 0.3 is 0 Å². The third kappa shape index (κ3) is 4.72. The van der Waals surface area contributed by atoms with E-state index in [1.807, 2.05) is 24.3 Å². The maximum absolute atomic E-state index is 13.4. The van der Waals surface area contributed by atoms with Crippen molar-refractivity contribution in [2.75, 3.05) is 20.2 Å². The van der Waals surface area contributed by atoms with Crippen LogP contribution in [0.5, 0.6) is 5.75 Å². The Labute approximate surface area is 178 Å². The molecule has 30 heavy (non-hydrogen) atoms. The first-order valence-corrected chi connectivity index (χ1v) is 10.5. The second-order valence-corrected chi connectivity index (χ2v) is 8.03. The molecule has 4 rings (SSSR count). The Hall–Kier alpha value is -2.69. The number of rotatable bonds is 6. The minimum absolute atomic E-state index is 0.0977. The predicted molar refractivity (Wildman–Crippen MR) is 119 cm³/mol. The number of methoxy groups -OCH3 is 1. The van der Waals surface area contributed by atoms with E-state index in [0.717, 1.165) is 43.9 Å². The van der Waals surface area contributed by atoms with E-state index in [-0.39, 0.29) is 12.0 Å². The number of halogens is 1. The summed E-state index contributed by atoms with van der Waals surface area (Å²) in [4.78, 5) is 5.00. The van der Waals surface area contributed by atoms with Gasteiger partial charge in [0.1, 0.15) is 11.6 Å². The van der Waals surface area contributed by atoms with Crippen LogP contribution < -0.4 is 4.74 Å². The molecule has 0 saturated carbocycles. The standard InChI is InChI=1S/C26H29FN2O/c1-20-7-5-8-22(17-20)19-29-16-6-15-28(18-21-11-13-23(27)14-12-21)26(29)24-9-3-4-10-25(24)30-2/h3-5,7-14,17,26H,6,15-16,18-19H2,1-2H3/t26-/m1/s1. The van der Waals surface area contributed by atoms with Gasteiger partial charge in [-0.3, -0.25) is 9.80 Å². The Balaban J connectivity index is 1.68. The normalized spacial score (nSPS) is 17.8. The molecule has 1 aliphatic rings. The van der Waals surface area contributed by atoms with Gasteiger partial charge in [-0.25, -0.2) is 4.39 Å². The summed E-state index contributed by atoms with van der Waals surface area (Å²) in [6.45, 7) is 5.80. The average Bonchev–Trinajstić information content (AvgIpc) is 2.76. The largest absolute Gasteiger partial charge is 0.496 e. The van der Waals surface area contributed by atoms with Crippen LogP contribution in [0.2, 0.25) is 0 Å². The van der Waals surface area contributed by atoms with Gasteiger partial charge in [0.05, 0.1) is 13.3 Å². The van der Waals surface area contributed by atoms with Gasteiger partial charge in [0.25, 0.3) is 0 Å². The van der Waals surface area contributed by atoms with E-state index in [0.29, 0.717) is 0 Å². The van der Waals surface area contributed by atoms with Gasteiger partial charge in [0.15, 0.2) is 0 Å². The predicted octanol–water partition coefficient (Wildman–Crippen LogP) is 5.55. The van der Waals surface area contributed by atoms with Crippen LogP contribution in [0.1, 0.15) is 34.8 Å². The lowest BCUT2D eigenvalue weighted by molar-refractivity contribution is -0.0104. The molecule has 0 bridgehead atoms. The van der Waals surface area contributed by atoms with E-state index in [2.05, 4.69) is 53.1 Å². The Morgan fingerprint density at radius 3 is 2.27 bits per heavy atom. The third-order valence-electron chi connectivity index (χ3n) is 5.77. The molecule has 3 nitrogen and oxygen atoms in total. The van der Waals surface area contributed by atoms with Crippen LogP contribution in [0.3, 0.4) is 0 Å². The molecule has 1 fully saturated rings. The van der Waals surface area contributed by atoms with Crippen LogP contribution in [-0.2, 0) is 13.1 Å². The summed E-state index contributed by atoms with van der Waals surface area (Å²) in [5.74, 6) is 0.711. The summed E-state index contributed by atoms with van der Waals surface area (Å²) in [5, 5.41) is 0. The van der Waals surface area contributed by atoms with Crippen LogP contribution in [0.25, 0.3) is 0 Å². The number of benzene rings is 3. The van der Waals surface area contributed by atoms with Crippen molar-refractivity contribution >= 4 is 0 Å². The Morgan fingerprint density at radius 1 is 0.867 bits per heavy atom. The molecule has 0 aliphatic carbocycles. The van der Waals surface area contributed by atoms with Crippen molar-refractivity contribution in [3.8, 4) is 5.75 Å². The lowest BCUT2D eigenvalue weighted by Crippen LogP contribution is -2.47. The van der Waals surface area contributed by atoms with E-state index in [1.165, 1.54) is 16.7 Å². The number of hydrogen-bond donors (Lipinski definition) is 0. The van der Waals surface area contributed by atoms with Crippen molar-refractivity contribution < 1.29 is 9.13 Å². The molecule has 1 atom stereocenters. The van der Waals surface area contributed by atoms with Crippen molar-refractivity contribution in [3.63, 3.8) is 0 Å². The number of nitrogens with zero attached hydrogens (tertiary/aromatic N) is 2. The highest BCUT2D eigenvalue weighted by Crippen LogP contribution is 2.36. The molecule has 4 heteroatoms. The van der Waals surface area contributed by atoms with E-state index < -0.39 is 0 Å². The topological polar surface area (TPSA) is 15.7 Å². The second-order valence-electron chi connectivity index (χ2n) is 8.03. The molecule has 1 saturated heterocycles. The van der Waals surface area contributed by atoms with Crippen LogP contribution in [0, 0.1) is 12.7 Å². The maximum atomic E-state index is 13.4. The highest BCUT2D eigenvalue weighted by atomic mass is 19.1. The fourth-order valence-electron chi connectivity index (χ4n) is 4.43. The first-order chi connectivity index (χ1) is 14.6. The Morgan fingerprint density at radius 2 is 1.57 bits per heavy atom. The molecule has 156 valence electrons. The molecule has 0 spiro atoms. The highest BCUT2D eigenvalue weighted by Gasteiger charge is 2.32. The smallest absolute Gasteiger partial charge is 0.124 e. The quantitative estimate of drug-likeness (QED) is 0.536. The molecule has 0 unspecified atom stereocenters. The van der Waals surface area contributed by atoms with Gasteiger partial charge in [-0.1, -0.05) is 60.2 Å². The van der Waals surface area contributed by atoms with Crippen molar-refractivity contribution in [2.24, 2.45) is 0 Å². The van der Waals surface area contributed by atoms with E-state index in [1.54, 1.807) is 19.2 Å². The van der Waals surface area contributed by atoms with Crippen LogP contribution >= 0.6 is 0 Å². The zero-order valence-corrected chi connectivity index (χ0v) is 17.7. The van der Waals surface area contributed by atoms with Gasteiger partial charge in [0, 0.05) is 31.7 Å². The van der Waals surface area contributed by atoms with Gasteiger partial charge in [0.2, 0.25) is 0 Å².